The van der Waals surface area contributed by atoms with Crippen LogP contribution in [0.25, 0.3) is 0 Å². The number of pyridine rings is 1. The minimum absolute atomic E-state index is 0.0723. The molecule has 4 nitrogen and oxygen atoms in total. The van der Waals surface area contributed by atoms with E-state index in [1.807, 2.05) is 0 Å². The molecule has 4 heteroatoms. The van der Waals surface area contributed by atoms with Gasteiger partial charge in [-0.2, -0.15) is 0 Å². The van der Waals surface area contributed by atoms with E-state index in [1.165, 1.54) is 0 Å². The van der Waals surface area contributed by atoms with Crippen LogP contribution in [0.4, 0.5) is 11.5 Å². The first-order chi connectivity index (χ1) is 5.68. The highest BCUT2D eigenvalue weighted by Crippen LogP contribution is 2.25. The highest BCUT2D eigenvalue weighted by molar-refractivity contribution is 5.99. The van der Waals surface area contributed by atoms with Crippen molar-refractivity contribution in [2.24, 2.45) is 0 Å². The van der Waals surface area contributed by atoms with Crippen molar-refractivity contribution in [1.82, 2.24) is 4.98 Å². The van der Waals surface area contributed by atoms with Crippen molar-refractivity contribution in [3.05, 3.63) is 17.8 Å². The molecule has 0 saturated heterocycles. The van der Waals surface area contributed by atoms with Gasteiger partial charge in [0, 0.05) is 12.6 Å². The van der Waals surface area contributed by atoms with Crippen LogP contribution in [0.15, 0.2) is 12.3 Å². The Morgan fingerprint density at radius 1 is 1.67 bits per heavy atom. The molecule has 1 amide bonds. The van der Waals surface area contributed by atoms with Crippen LogP contribution in [-0.2, 0) is 11.2 Å². The lowest BCUT2D eigenvalue weighted by Gasteiger charge is -2.07. The zero-order chi connectivity index (χ0) is 8.72. The quantitative estimate of drug-likeness (QED) is 0.593. The molecule has 2 N–H and O–H groups in total. The molecule has 0 fully saturated rings. The first-order valence-corrected chi connectivity index (χ1v) is 3.69. The first kappa shape index (κ1) is 7.09. The second-order valence-electron chi connectivity index (χ2n) is 2.88. The average molecular weight is 163 g/mol. The molecule has 0 bridgehead atoms. The molecule has 0 unspecified atom stereocenters. The Bertz CT molecular complexity index is 348. The van der Waals surface area contributed by atoms with Crippen LogP contribution in [0, 0.1) is 0 Å². The zero-order valence-electron chi connectivity index (χ0n) is 6.74. The summed E-state index contributed by atoms with van der Waals surface area (Å²) in [6.07, 6.45) is 1.98. The molecular weight excluding hydrogens is 154 g/mol. The lowest BCUT2D eigenvalue weighted by molar-refractivity contribution is -0.117. The third-order valence-corrected chi connectivity index (χ3v) is 2.00. The fourth-order valence-electron chi connectivity index (χ4n) is 1.35. The van der Waals surface area contributed by atoms with Crippen LogP contribution in [0.5, 0.6) is 0 Å². The number of hydrogen-bond donors (Lipinski definition) is 1. The van der Waals surface area contributed by atoms with Gasteiger partial charge in [-0.3, -0.25) is 9.69 Å². The summed E-state index contributed by atoms with van der Waals surface area (Å²) in [5, 5.41) is 0. The molecule has 1 aliphatic rings. The average Bonchev–Trinajstić information content (AvgIpc) is 2.28. The highest BCUT2D eigenvalue weighted by Gasteiger charge is 2.24. The third kappa shape index (κ3) is 0.845. The molecule has 0 radical (unpaired) electrons. The molecular formula is C8H9N3O. The summed E-state index contributed by atoms with van der Waals surface area (Å²) in [5.74, 6) is 0.803. The largest absolute Gasteiger partial charge is 0.397 e. The number of hydrogen-bond acceptors (Lipinski definition) is 3. The van der Waals surface area contributed by atoms with Crippen molar-refractivity contribution in [3.8, 4) is 0 Å². The summed E-state index contributed by atoms with van der Waals surface area (Å²) in [6.45, 7) is 0. The van der Waals surface area contributed by atoms with Gasteiger partial charge in [0.05, 0.1) is 18.3 Å². The topological polar surface area (TPSA) is 59.2 Å². The fraction of sp³-hybridized carbons (Fsp3) is 0.250. The number of nitrogens with two attached hydrogens (primary N) is 1. The standard InChI is InChI=1S/C8H9N3O/c1-11-7(12)3-5-2-6(9)4-10-8(5)11/h2,4H,3,9H2,1H3. The smallest absolute Gasteiger partial charge is 0.232 e. The third-order valence-electron chi connectivity index (χ3n) is 2.00. The summed E-state index contributed by atoms with van der Waals surface area (Å²) in [7, 11) is 1.72. The number of carbonyl (C=O) groups excluding carboxylic acids is 1. The summed E-state index contributed by atoms with van der Waals surface area (Å²) < 4.78 is 0. The number of aromatic nitrogens is 1. The van der Waals surface area contributed by atoms with E-state index in [-0.39, 0.29) is 5.91 Å². The maximum atomic E-state index is 11.2. The number of nitrogen functional groups attached to an aromatic ring is 1. The molecule has 2 heterocycles. The minimum Gasteiger partial charge on any atom is -0.397 e. The lowest BCUT2D eigenvalue weighted by atomic mass is 10.2. The number of rotatable bonds is 0. The molecule has 0 spiro atoms. The van der Waals surface area contributed by atoms with Gasteiger partial charge in [-0.15, -0.1) is 0 Å². The number of amides is 1. The van der Waals surface area contributed by atoms with Gasteiger partial charge in [-0.1, -0.05) is 0 Å². The van der Waals surface area contributed by atoms with E-state index in [0.29, 0.717) is 12.1 Å². The van der Waals surface area contributed by atoms with Gasteiger partial charge in [0.1, 0.15) is 5.82 Å². The molecule has 0 atom stereocenters. The molecule has 0 saturated carbocycles. The number of fused-ring (bicyclic) bond motifs is 1. The summed E-state index contributed by atoms with van der Waals surface area (Å²) >= 11 is 0. The number of anilines is 2. The second-order valence-corrected chi connectivity index (χ2v) is 2.88. The van der Waals surface area contributed by atoms with E-state index in [4.69, 9.17) is 5.73 Å². The van der Waals surface area contributed by atoms with E-state index in [1.54, 1.807) is 24.2 Å². The first-order valence-electron chi connectivity index (χ1n) is 3.69. The van der Waals surface area contributed by atoms with Crippen molar-refractivity contribution in [3.63, 3.8) is 0 Å². The predicted molar refractivity (Wildman–Crippen MR) is 45.8 cm³/mol. The van der Waals surface area contributed by atoms with Crippen LogP contribution in [0.2, 0.25) is 0 Å². The maximum Gasteiger partial charge on any atom is 0.232 e. The summed E-state index contributed by atoms with van der Waals surface area (Å²) in [4.78, 5) is 16.8. The van der Waals surface area contributed by atoms with E-state index in [9.17, 15) is 4.79 Å². The molecule has 0 aliphatic carbocycles. The maximum absolute atomic E-state index is 11.2. The van der Waals surface area contributed by atoms with Crippen LogP contribution in [0.3, 0.4) is 0 Å². The number of nitrogens with zero attached hydrogens (tertiary/aromatic N) is 2. The summed E-state index contributed by atoms with van der Waals surface area (Å²) in [5.41, 5.74) is 7.06. The van der Waals surface area contributed by atoms with Gasteiger partial charge in [-0.05, 0) is 6.07 Å². The molecule has 2 rings (SSSR count). The molecule has 1 aromatic heterocycles. The molecule has 1 aliphatic heterocycles. The molecule has 62 valence electrons. The molecule has 0 aromatic carbocycles. The van der Waals surface area contributed by atoms with Crippen molar-refractivity contribution < 1.29 is 4.79 Å². The monoisotopic (exact) mass is 163 g/mol. The van der Waals surface area contributed by atoms with Gasteiger partial charge >= 0.3 is 0 Å². The zero-order valence-corrected chi connectivity index (χ0v) is 6.74. The normalized spacial score (nSPS) is 15.1. The summed E-state index contributed by atoms with van der Waals surface area (Å²) in [6, 6.07) is 1.80. The Kier molecular flexibility index (Phi) is 1.30. The number of carbonyl (C=O) groups is 1. The Morgan fingerprint density at radius 3 is 3.17 bits per heavy atom. The van der Waals surface area contributed by atoms with Crippen LogP contribution >= 0.6 is 0 Å². The van der Waals surface area contributed by atoms with Crippen molar-refractivity contribution >= 4 is 17.4 Å². The van der Waals surface area contributed by atoms with Crippen molar-refractivity contribution in [2.45, 2.75) is 6.42 Å². The predicted octanol–water partition coefficient (Wildman–Crippen LogP) is 0.183. The van der Waals surface area contributed by atoms with Crippen LogP contribution in [0.1, 0.15) is 5.56 Å². The fourth-order valence-corrected chi connectivity index (χ4v) is 1.35. The minimum atomic E-state index is 0.0723. The Hall–Kier alpha value is -1.58. The number of likely N-dealkylation sites (N-methyl/N-ethyl adjacent to an activating group) is 1. The van der Waals surface area contributed by atoms with Gasteiger partial charge in [0.25, 0.3) is 0 Å². The van der Waals surface area contributed by atoms with E-state index < -0.39 is 0 Å². The van der Waals surface area contributed by atoms with E-state index in [2.05, 4.69) is 4.98 Å². The van der Waals surface area contributed by atoms with Crippen LogP contribution in [-0.4, -0.2) is 17.9 Å². The van der Waals surface area contributed by atoms with E-state index >= 15 is 0 Å². The van der Waals surface area contributed by atoms with Gasteiger partial charge in [-0.25, -0.2) is 4.98 Å². The van der Waals surface area contributed by atoms with Crippen LogP contribution < -0.4 is 10.6 Å². The van der Waals surface area contributed by atoms with E-state index in [0.717, 1.165) is 11.4 Å². The Balaban J connectivity index is 2.54. The van der Waals surface area contributed by atoms with Crippen molar-refractivity contribution in [1.29, 1.82) is 0 Å². The highest BCUT2D eigenvalue weighted by atomic mass is 16.2. The van der Waals surface area contributed by atoms with Gasteiger partial charge in [0.15, 0.2) is 0 Å². The Labute approximate surface area is 70.0 Å². The second kappa shape index (κ2) is 2.20. The lowest BCUT2D eigenvalue weighted by Crippen LogP contribution is -2.21. The SMILES string of the molecule is CN1C(=O)Cc2cc(N)cnc21. The molecule has 1 aromatic rings. The Morgan fingerprint density at radius 2 is 2.42 bits per heavy atom. The van der Waals surface area contributed by atoms with Gasteiger partial charge in [0.2, 0.25) is 5.91 Å². The molecule has 12 heavy (non-hydrogen) atoms. The van der Waals surface area contributed by atoms with Crippen molar-refractivity contribution in [2.75, 3.05) is 17.7 Å². The van der Waals surface area contributed by atoms with Gasteiger partial charge < -0.3 is 5.73 Å².